The number of rotatable bonds is 5. The Labute approximate surface area is 105 Å². The zero-order chi connectivity index (χ0) is 13.1. The Morgan fingerprint density at radius 2 is 2.06 bits per heavy atom. The zero-order valence-electron chi connectivity index (χ0n) is 11.0. The van der Waals surface area contributed by atoms with E-state index in [0.717, 1.165) is 12.8 Å². The van der Waals surface area contributed by atoms with E-state index in [9.17, 15) is 8.42 Å². The van der Waals surface area contributed by atoms with Crippen molar-refractivity contribution in [2.45, 2.75) is 39.7 Å². The van der Waals surface area contributed by atoms with Crippen LogP contribution in [0.25, 0.3) is 0 Å². The van der Waals surface area contributed by atoms with E-state index in [2.05, 4.69) is 4.72 Å². The molecule has 0 bridgehead atoms. The van der Waals surface area contributed by atoms with Crippen molar-refractivity contribution in [2.75, 3.05) is 19.6 Å². The van der Waals surface area contributed by atoms with E-state index in [-0.39, 0.29) is 6.04 Å². The molecule has 17 heavy (non-hydrogen) atoms. The largest absolute Gasteiger partial charge is 0.330 e. The minimum absolute atomic E-state index is 0.0433. The summed E-state index contributed by atoms with van der Waals surface area (Å²) in [5.74, 6) is 0.592. The fraction of sp³-hybridized carbons (Fsp3) is 1.00. The Kier molecular flexibility index (Phi) is 5.37. The molecular weight excluding hydrogens is 238 g/mol. The molecule has 0 aliphatic carbocycles. The molecule has 3 N–H and O–H groups in total. The van der Waals surface area contributed by atoms with Gasteiger partial charge < -0.3 is 5.73 Å². The highest BCUT2D eigenvalue weighted by Gasteiger charge is 2.29. The first kappa shape index (κ1) is 14.9. The summed E-state index contributed by atoms with van der Waals surface area (Å²) in [6, 6.07) is -0.0433. The van der Waals surface area contributed by atoms with Crippen molar-refractivity contribution in [3.63, 3.8) is 0 Å². The molecule has 2 atom stereocenters. The summed E-state index contributed by atoms with van der Waals surface area (Å²) in [6.07, 6.45) is 1.93. The van der Waals surface area contributed by atoms with Crippen molar-refractivity contribution in [1.82, 2.24) is 9.03 Å². The lowest BCUT2D eigenvalue weighted by molar-refractivity contribution is 0.266. The smallest absolute Gasteiger partial charge is 0.279 e. The van der Waals surface area contributed by atoms with Crippen molar-refractivity contribution < 1.29 is 8.42 Å². The van der Waals surface area contributed by atoms with Crippen LogP contribution in [0.3, 0.4) is 0 Å². The second kappa shape index (κ2) is 6.13. The van der Waals surface area contributed by atoms with Crippen molar-refractivity contribution in [1.29, 1.82) is 0 Å². The molecule has 0 spiro atoms. The zero-order valence-corrected chi connectivity index (χ0v) is 11.8. The monoisotopic (exact) mass is 263 g/mol. The quantitative estimate of drug-likeness (QED) is 0.760. The van der Waals surface area contributed by atoms with E-state index >= 15 is 0 Å². The summed E-state index contributed by atoms with van der Waals surface area (Å²) >= 11 is 0. The molecule has 0 amide bonds. The second-order valence-electron chi connectivity index (χ2n) is 5.26. The minimum Gasteiger partial charge on any atom is -0.330 e. The normalized spacial score (nSPS) is 25.1. The first-order valence-corrected chi connectivity index (χ1v) is 7.78. The van der Waals surface area contributed by atoms with E-state index < -0.39 is 10.2 Å². The average Bonchev–Trinajstić information content (AvgIpc) is 2.28. The first-order valence-electron chi connectivity index (χ1n) is 6.34. The van der Waals surface area contributed by atoms with Crippen molar-refractivity contribution in [3.8, 4) is 0 Å². The van der Waals surface area contributed by atoms with E-state index in [1.54, 1.807) is 0 Å². The van der Waals surface area contributed by atoms with Gasteiger partial charge in [0.05, 0.1) is 0 Å². The highest BCUT2D eigenvalue weighted by atomic mass is 32.2. The Morgan fingerprint density at radius 1 is 1.41 bits per heavy atom. The van der Waals surface area contributed by atoms with Gasteiger partial charge in [-0.15, -0.1) is 0 Å². The van der Waals surface area contributed by atoms with Crippen LogP contribution in [0.2, 0.25) is 0 Å². The van der Waals surface area contributed by atoms with E-state index in [1.165, 1.54) is 4.31 Å². The van der Waals surface area contributed by atoms with Gasteiger partial charge in [-0.3, -0.25) is 0 Å². The van der Waals surface area contributed by atoms with Gasteiger partial charge in [-0.2, -0.15) is 17.4 Å². The SMILES string of the molecule is CC(C)C(C)NS(=O)(=O)N1CCCC(CN)C1. The molecule has 2 unspecified atom stereocenters. The fourth-order valence-electron chi connectivity index (χ4n) is 1.88. The summed E-state index contributed by atoms with van der Waals surface area (Å²) in [7, 11) is -3.34. The van der Waals surface area contributed by atoms with Gasteiger partial charge in [0.25, 0.3) is 10.2 Å². The van der Waals surface area contributed by atoms with Gasteiger partial charge in [0, 0.05) is 19.1 Å². The van der Waals surface area contributed by atoms with Gasteiger partial charge in [-0.05, 0) is 38.1 Å². The van der Waals surface area contributed by atoms with Crippen molar-refractivity contribution >= 4 is 10.2 Å². The molecule has 0 aromatic rings. The van der Waals surface area contributed by atoms with Crippen LogP contribution in [-0.4, -0.2) is 38.4 Å². The first-order chi connectivity index (χ1) is 7.86. The van der Waals surface area contributed by atoms with Gasteiger partial charge in [0.2, 0.25) is 0 Å². The lowest BCUT2D eigenvalue weighted by Crippen LogP contribution is -2.50. The lowest BCUT2D eigenvalue weighted by Gasteiger charge is -2.32. The highest BCUT2D eigenvalue weighted by Crippen LogP contribution is 2.18. The molecule has 0 aromatic heterocycles. The van der Waals surface area contributed by atoms with Gasteiger partial charge in [-0.25, -0.2) is 0 Å². The molecule has 0 radical (unpaired) electrons. The Hall–Kier alpha value is -0.170. The van der Waals surface area contributed by atoms with Crippen LogP contribution in [0, 0.1) is 11.8 Å². The van der Waals surface area contributed by atoms with Gasteiger partial charge in [0.1, 0.15) is 0 Å². The third kappa shape index (κ3) is 4.21. The fourth-order valence-corrected chi connectivity index (χ4v) is 3.55. The Morgan fingerprint density at radius 3 is 2.59 bits per heavy atom. The number of nitrogens with two attached hydrogens (primary N) is 1. The summed E-state index contributed by atoms with van der Waals surface area (Å²) < 4.78 is 28.5. The van der Waals surface area contributed by atoms with Gasteiger partial charge in [-0.1, -0.05) is 13.8 Å². The number of hydrogen-bond donors (Lipinski definition) is 2. The van der Waals surface area contributed by atoms with Crippen molar-refractivity contribution in [3.05, 3.63) is 0 Å². The van der Waals surface area contributed by atoms with Crippen LogP contribution >= 0.6 is 0 Å². The molecule has 0 saturated carbocycles. The maximum atomic E-state index is 12.1. The standard InChI is InChI=1S/C11H25N3O2S/c1-9(2)10(3)13-17(15,16)14-6-4-5-11(7-12)8-14/h9-11,13H,4-8,12H2,1-3H3. The van der Waals surface area contributed by atoms with Crippen LogP contribution in [-0.2, 0) is 10.2 Å². The van der Waals surface area contributed by atoms with E-state index in [1.807, 2.05) is 20.8 Å². The van der Waals surface area contributed by atoms with Crippen LogP contribution in [0.5, 0.6) is 0 Å². The molecule has 5 nitrogen and oxygen atoms in total. The molecule has 1 aliphatic rings. The summed E-state index contributed by atoms with van der Waals surface area (Å²) in [5, 5.41) is 0. The molecule has 6 heteroatoms. The molecule has 1 saturated heterocycles. The molecular formula is C11H25N3O2S. The number of piperidine rings is 1. The molecule has 102 valence electrons. The number of nitrogens with one attached hydrogen (secondary N) is 1. The predicted molar refractivity (Wildman–Crippen MR) is 69.7 cm³/mol. The van der Waals surface area contributed by atoms with Crippen molar-refractivity contribution in [2.24, 2.45) is 17.6 Å². The maximum Gasteiger partial charge on any atom is 0.279 e. The Balaban J connectivity index is 2.63. The number of nitrogens with zero attached hydrogens (tertiary/aromatic N) is 1. The number of hydrogen-bond acceptors (Lipinski definition) is 3. The molecule has 1 heterocycles. The third-order valence-electron chi connectivity index (χ3n) is 3.49. The van der Waals surface area contributed by atoms with Gasteiger partial charge in [0.15, 0.2) is 0 Å². The molecule has 0 aromatic carbocycles. The lowest BCUT2D eigenvalue weighted by atomic mass is 10.0. The van der Waals surface area contributed by atoms with Crippen LogP contribution in [0.15, 0.2) is 0 Å². The topological polar surface area (TPSA) is 75.4 Å². The van der Waals surface area contributed by atoms with Gasteiger partial charge >= 0.3 is 0 Å². The highest BCUT2D eigenvalue weighted by molar-refractivity contribution is 7.87. The van der Waals surface area contributed by atoms with Crippen LogP contribution < -0.4 is 10.5 Å². The van der Waals surface area contributed by atoms with Crippen LogP contribution in [0.1, 0.15) is 33.6 Å². The summed E-state index contributed by atoms with van der Waals surface area (Å²) in [5.41, 5.74) is 5.62. The molecule has 1 fully saturated rings. The summed E-state index contributed by atoms with van der Waals surface area (Å²) in [6.45, 7) is 7.63. The second-order valence-corrected chi connectivity index (χ2v) is 6.96. The Bertz CT molecular complexity index is 330. The molecule has 1 rings (SSSR count). The molecule has 1 aliphatic heterocycles. The van der Waals surface area contributed by atoms with Crippen LogP contribution in [0.4, 0.5) is 0 Å². The van der Waals surface area contributed by atoms with E-state index in [4.69, 9.17) is 5.73 Å². The average molecular weight is 263 g/mol. The predicted octanol–water partition coefficient (Wildman–Crippen LogP) is 0.536. The maximum absolute atomic E-state index is 12.1. The summed E-state index contributed by atoms with van der Waals surface area (Å²) in [4.78, 5) is 0. The third-order valence-corrected chi connectivity index (χ3v) is 5.17. The van der Waals surface area contributed by atoms with E-state index in [0.29, 0.717) is 31.5 Å². The minimum atomic E-state index is -3.34.